The minimum atomic E-state index is -3.59. The lowest BCUT2D eigenvalue weighted by atomic mass is 10.3. The zero-order chi connectivity index (χ0) is 13.5. The number of nitrogens with zero attached hydrogens (tertiary/aromatic N) is 2. The number of carbonyl (C=O) groups excluding carboxylic acids is 1. The van der Waals surface area contributed by atoms with Crippen LogP contribution in [0.4, 0.5) is 0 Å². The van der Waals surface area contributed by atoms with Gasteiger partial charge in [-0.05, 0) is 12.8 Å². The van der Waals surface area contributed by atoms with Gasteiger partial charge in [0.1, 0.15) is 0 Å². The predicted octanol–water partition coefficient (Wildman–Crippen LogP) is 0.503. The van der Waals surface area contributed by atoms with Crippen molar-refractivity contribution >= 4 is 16.0 Å². The van der Waals surface area contributed by atoms with Gasteiger partial charge in [0.2, 0.25) is 10.0 Å². The number of ether oxygens (including phenoxy) is 1. The van der Waals surface area contributed by atoms with E-state index in [9.17, 15) is 13.2 Å². The van der Waals surface area contributed by atoms with Gasteiger partial charge < -0.3 is 4.74 Å². The zero-order valence-electron chi connectivity index (χ0n) is 10.3. The number of rotatable bonds is 7. The summed E-state index contributed by atoms with van der Waals surface area (Å²) in [7, 11) is -0.893. The lowest BCUT2D eigenvalue weighted by Crippen LogP contribution is -2.35. The molecule has 1 unspecified atom stereocenters. The Balaban J connectivity index is 4.36. The molecule has 0 heterocycles. The Hall–Kier alpha value is -1.13. The molecule has 0 fully saturated rings. The first-order valence-electron chi connectivity index (χ1n) is 5.31. The van der Waals surface area contributed by atoms with Gasteiger partial charge in [-0.25, -0.2) is 12.7 Å². The predicted molar refractivity (Wildman–Crippen MR) is 62.5 cm³/mol. The molecule has 0 spiro atoms. The topological polar surface area (TPSA) is 87.5 Å². The van der Waals surface area contributed by atoms with Gasteiger partial charge in [-0.15, -0.1) is 0 Å². The van der Waals surface area contributed by atoms with E-state index in [4.69, 9.17) is 5.26 Å². The number of carbonyl (C=O) groups is 1. The average Bonchev–Trinajstić information content (AvgIpc) is 2.29. The van der Waals surface area contributed by atoms with E-state index in [1.807, 2.05) is 0 Å². The van der Waals surface area contributed by atoms with Crippen molar-refractivity contribution in [2.24, 2.45) is 0 Å². The molecule has 0 aliphatic rings. The monoisotopic (exact) mass is 262 g/mol. The Bertz CT molecular complexity index is 386. The summed E-state index contributed by atoms with van der Waals surface area (Å²) < 4.78 is 29.2. The lowest BCUT2D eigenvalue weighted by Gasteiger charge is -2.19. The molecule has 0 saturated heterocycles. The number of sulfonamides is 1. The van der Waals surface area contributed by atoms with Crippen molar-refractivity contribution in [3.8, 4) is 6.07 Å². The Kier molecular flexibility index (Phi) is 6.76. The molecule has 0 rings (SSSR count). The third kappa shape index (κ3) is 4.71. The van der Waals surface area contributed by atoms with Crippen molar-refractivity contribution in [3.63, 3.8) is 0 Å². The SMILES string of the molecule is CCC(C#N)S(=O)(=O)N(C)CCCC(=O)OC. The average molecular weight is 262 g/mol. The highest BCUT2D eigenvalue weighted by atomic mass is 32.2. The highest BCUT2D eigenvalue weighted by Gasteiger charge is 2.27. The molecule has 0 aromatic heterocycles. The zero-order valence-corrected chi connectivity index (χ0v) is 11.2. The van der Waals surface area contributed by atoms with Gasteiger partial charge in [0.25, 0.3) is 0 Å². The van der Waals surface area contributed by atoms with Gasteiger partial charge in [-0.2, -0.15) is 5.26 Å². The summed E-state index contributed by atoms with van der Waals surface area (Å²) in [6.07, 6.45) is 0.796. The molecule has 0 radical (unpaired) electrons. The quantitative estimate of drug-likeness (QED) is 0.623. The molecule has 1 atom stereocenters. The molecule has 0 N–H and O–H groups in total. The number of esters is 1. The van der Waals surface area contributed by atoms with Crippen LogP contribution in [0.3, 0.4) is 0 Å². The molecule has 0 bridgehead atoms. The van der Waals surface area contributed by atoms with Gasteiger partial charge in [-0.1, -0.05) is 6.92 Å². The molecule has 0 aromatic carbocycles. The van der Waals surface area contributed by atoms with Crippen molar-refractivity contribution in [1.29, 1.82) is 5.26 Å². The fraction of sp³-hybridized carbons (Fsp3) is 0.800. The first-order chi connectivity index (χ1) is 7.89. The number of hydrogen-bond acceptors (Lipinski definition) is 5. The fourth-order valence-corrected chi connectivity index (χ4v) is 2.63. The van der Waals surface area contributed by atoms with Crippen molar-refractivity contribution in [2.45, 2.75) is 31.4 Å². The molecule has 0 aliphatic carbocycles. The number of hydrogen-bond donors (Lipinski definition) is 0. The maximum absolute atomic E-state index is 11.8. The van der Waals surface area contributed by atoms with Crippen molar-refractivity contribution in [1.82, 2.24) is 4.31 Å². The van der Waals surface area contributed by atoms with Crippen LogP contribution in [0.5, 0.6) is 0 Å². The van der Waals surface area contributed by atoms with Crippen molar-refractivity contribution in [2.75, 3.05) is 20.7 Å². The lowest BCUT2D eigenvalue weighted by molar-refractivity contribution is -0.140. The second-order valence-corrected chi connectivity index (χ2v) is 5.79. The summed E-state index contributed by atoms with van der Waals surface area (Å²) in [6.45, 7) is 1.85. The van der Waals surface area contributed by atoms with Gasteiger partial charge >= 0.3 is 5.97 Å². The van der Waals surface area contributed by atoms with E-state index in [2.05, 4.69) is 4.74 Å². The summed E-state index contributed by atoms with van der Waals surface area (Å²) in [5.41, 5.74) is 0. The molecular weight excluding hydrogens is 244 g/mol. The summed E-state index contributed by atoms with van der Waals surface area (Å²) in [5, 5.41) is 7.71. The van der Waals surface area contributed by atoms with E-state index < -0.39 is 15.3 Å². The maximum atomic E-state index is 11.8. The molecule has 0 saturated carbocycles. The number of methoxy groups -OCH3 is 1. The summed E-state index contributed by atoms with van der Waals surface area (Å²) >= 11 is 0. The molecule has 6 nitrogen and oxygen atoms in total. The largest absolute Gasteiger partial charge is 0.469 e. The van der Waals surface area contributed by atoms with Crippen LogP contribution in [0.25, 0.3) is 0 Å². The van der Waals surface area contributed by atoms with Gasteiger partial charge in [-0.3, -0.25) is 4.79 Å². The second kappa shape index (κ2) is 7.25. The van der Waals surface area contributed by atoms with E-state index in [0.29, 0.717) is 6.42 Å². The summed E-state index contributed by atoms with van der Waals surface area (Å²) in [4.78, 5) is 10.8. The van der Waals surface area contributed by atoms with Gasteiger partial charge in [0, 0.05) is 20.0 Å². The normalized spacial score (nSPS) is 13.1. The van der Waals surface area contributed by atoms with E-state index in [1.54, 1.807) is 13.0 Å². The van der Waals surface area contributed by atoms with Crippen LogP contribution in [-0.4, -0.2) is 44.6 Å². The molecule has 0 aliphatic heterocycles. The van der Waals surface area contributed by atoms with Crippen molar-refractivity contribution < 1.29 is 17.9 Å². The molecular formula is C10H18N2O4S. The van der Waals surface area contributed by atoms with Crippen LogP contribution < -0.4 is 0 Å². The minimum absolute atomic E-state index is 0.166. The smallest absolute Gasteiger partial charge is 0.305 e. The van der Waals surface area contributed by atoms with Crippen LogP contribution in [0.2, 0.25) is 0 Å². The molecule has 98 valence electrons. The Morgan fingerprint density at radius 2 is 2.12 bits per heavy atom. The van der Waals surface area contributed by atoms with Crippen LogP contribution in [-0.2, 0) is 19.6 Å². The second-order valence-electron chi connectivity index (χ2n) is 3.57. The van der Waals surface area contributed by atoms with Gasteiger partial charge in [0.15, 0.2) is 5.25 Å². The van der Waals surface area contributed by atoms with Crippen LogP contribution in [0.1, 0.15) is 26.2 Å². The molecule has 7 heteroatoms. The molecule has 17 heavy (non-hydrogen) atoms. The third-order valence-electron chi connectivity index (χ3n) is 2.39. The van der Waals surface area contributed by atoms with Crippen molar-refractivity contribution in [3.05, 3.63) is 0 Å². The standard InChI is InChI=1S/C10H18N2O4S/c1-4-9(8-11)17(14,15)12(2)7-5-6-10(13)16-3/h9H,4-7H2,1-3H3. The van der Waals surface area contributed by atoms with Crippen LogP contribution in [0, 0.1) is 11.3 Å². The molecule has 0 amide bonds. The van der Waals surface area contributed by atoms with Crippen LogP contribution >= 0.6 is 0 Å². The maximum Gasteiger partial charge on any atom is 0.305 e. The first-order valence-corrected chi connectivity index (χ1v) is 6.82. The Labute approximate surface area is 102 Å². The Morgan fingerprint density at radius 3 is 2.53 bits per heavy atom. The Morgan fingerprint density at radius 1 is 1.53 bits per heavy atom. The summed E-state index contributed by atoms with van der Waals surface area (Å²) in [6, 6.07) is 1.76. The fourth-order valence-electron chi connectivity index (χ4n) is 1.26. The van der Waals surface area contributed by atoms with E-state index in [-0.39, 0.29) is 25.4 Å². The summed E-state index contributed by atoms with van der Waals surface area (Å²) in [5.74, 6) is -0.372. The van der Waals surface area contributed by atoms with Crippen LogP contribution in [0.15, 0.2) is 0 Å². The minimum Gasteiger partial charge on any atom is -0.469 e. The third-order valence-corrected chi connectivity index (χ3v) is 4.60. The van der Waals surface area contributed by atoms with Gasteiger partial charge in [0.05, 0.1) is 13.2 Å². The van der Waals surface area contributed by atoms with E-state index in [1.165, 1.54) is 14.2 Å². The highest BCUT2D eigenvalue weighted by molar-refractivity contribution is 7.89. The van der Waals surface area contributed by atoms with E-state index in [0.717, 1.165) is 4.31 Å². The molecule has 0 aromatic rings. The highest BCUT2D eigenvalue weighted by Crippen LogP contribution is 2.11. The first kappa shape index (κ1) is 15.9. The van der Waals surface area contributed by atoms with E-state index >= 15 is 0 Å². The number of nitriles is 1.